The third kappa shape index (κ3) is 3.76. The average molecular weight is 341 g/mol. The molecule has 2 aromatic rings. The number of fused-ring (bicyclic) bond motifs is 1. The number of piperazine rings is 1. The summed E-state index contributed by atoms with van der Waals surface area (Å²) in [5.41, 5.74) is 2.62. The molecule has 1 saturated carbocycles. The second-order valence-electron chi connectivity index (χ2n) is 7.79. The van der Waals surface area contributed by atoms with Crippen LogP contribution in [0.3, 0.4) is 0 Å². The van der Waals surface area contributed by atoms with Crippen molar-refractivity contribution in [1.29, 1.82) is 0 Å². The smallest absolute Gasteiger partial charge is 0.0457 e. The molecule has 1 aromatic carbocycles. The van der Waals surface area contributed by atoms with Crippen LogP contribution in [0.1, 0.15) is 44.1 Å². The normalized spacial score (nSPS) is 24.1. The summed E-state index contributed by atoms with van der Waals surface area (Å²) in [4.78, 5) is 8.70. The van der Waals surface area contributed by atoms with Crippen molar-refractivity contribution in [3.05, 3.63) is 36.0 Å². The zero-order valence-electron chi connectivity index (χ0n) is 15.2. The van der Waals surface area contributed by atoms with Gasteiger partial charge in [-0.3, -0.25) is 9.80 Å². The molecule has 4 heteroatoms. The number of aromatic nitrogens is 1. The molecular weight excluding hydrogens is 310 g/mol. The molecule has 1 saturated heterocycles. The van der Waals surface area contributed by atoms with Gasteiger partial charge < -0.3 is 10.1 Å². The predicted molar refractivity (Wildman–Crippen MR) is 103 cm³/mol. The summed E-state index contributed by atoms with van der Waals surface area (Å²) in [6, 6.07) is 9.82. The average Bonchev–Trinajstić information content (AvgIpc) is 3.06. The summed E-state index contributed by atoms with van der Waals surface area (Å²) in [6.07, 6.45) is 9.94. The summed E-state index contributed by atoms with van der Waals surface area (Å²) < 4.78 is 0. The van der Waals surface area contributed by atoms with Crippen LogP contribution in [0.15, 0.2) is 30.5 Å². The second-order valence-corrected chi connectivity index (χ2v) is 7.79. The molecule has 2 aliphatic rings. The highest BCUT2D eigenvalue weighted by Gasteiger charge is 2.32. The number of rotatable bonds is 5. The van der Waals surface area contributed by atoms with Crippen molar-refractivity contribution < 1.29 is 5.11 Å². The van der Waals surface area contributed by atoms with E-state index in [0.717, 1.165) is 38.6 Å². The molecule has 1 aliphatic carbocycles. The SMILES string of the molecule is OCCC1CN(Cc2c[nH]c3ccccc23)CCN1C1CCCCC1. The lowest BCUT2D eigenvalue weighted by molar-refractivity contribution is 0.0138. The van der Waals surface area contributed by atoms with Gasteiger partial charge in [0.1, 0.15) is 0 Å². The highest BCUT2D eigenvalue weighted by atomic mass is 16.3. The first-order chi connectivity index (χ1) is 12.3. The van der Waals surface area contributed by atoms with Gasteiger partial charge in [-0.05, 0) is 30.9 Å². The number of hydrogen-bond donors (Lipinski definition) is 2. The lowest BCUT2D eigenvalue weighted by Crippen LogP contribution is -2.56. The number of para-hydroxylation sites is 1. The number of aliphatic hydroxyl groups excluding tert-OH is 1. The van der Waals surface area contributed by atoms with Gasteiger partial charge >= 0.3 is 0 Å². The summed E-state index contributed by atoms with van der Waals surface area (Å²) in [5, 5.41) is 10.9. The Kier molecular flexibility index (Phi) is 5.39. The van der Waals surface area contributed by atoms with Gasteiger partial charge in [0.25, 0.3) is 0 Å². The standard InChI is InChI=1S/C21H31N3O/c25-13-10-19-16-23(11-12-24(19)18-6-2-1-3-7-18)15-17-14-22-21-9-5-4-8-20(17)21/h4-5,8-9,14,18-19,22,25H,1-3,6-7,10-13,15-16H2. The first-order valence-corrected chi connectivity index (χ1v) is 9.99. The first-order valence-electron chi connectivity index (χ1n) is 9.99. The summed E-state index contributed by atoms with van der Waals surface area (Å²) in [7, 11) is 0. The van der Waals surface area contributed by atoms with E-state index in [1.165, 1.54) is 48.6 Å². The van der Waals surface area contributed by atoms with Gasteiger partial charge in [-0.15, -0.1) is 0 Å². The van der Waals surface area contributed by atoms with Crippen LogP contribution in [0.25, 0.3) is 10.9 Å². The maximum Gasteiger partial charge on any atom is 0.0457 e. The molecule has 136 valence electrons. The van der Waals surface area contributed by atoms with Crippen molar-refractivity contribution in [2.45, 2.75) is 57.2 Å². The van der Waals surface area contributed by atoms with E-state index in [9.17, 15) is 5.11 Å². The zero-order chi connectivity index (χ0) is 17.1. The molecule has 2 heterocycles. The second kappa shape index (κ2) is 7.90. The Morgan fingerprint density at radius 3 is 2.76 bits per heavy atom. The van der Waals surface area contributed by atoms with Gasteiger partial charge in [-0.2, -0.15) is 0 Å². The molecule has 1 aliphatic heterocycles. The quantitative estimate of drug-likeness (QED) is 0.876. The molecule has 4 nitrogen and oxygen atoms in total. The number of aliphatic hydroxyl groups is 1. The van der Waals surface area contributed by atoms with E-state index in [0.29, 0.717) is 12.6 Å². The van der Waals surface area contributed by atoms with Crippen molar-refractivity contribution in [1.82, 2.24) is 14.8 Å². The third-order valence-electron chi connectivity index (χ3n) is 6.19. The summed E-state index contributed by atoms with van der Waals surface area (Å²) in [6.45, 7) is 4.67. The van der Waals surface area contributed by atoms with E-state index < -0.39 is 0 Å². The fourth-order valence-electron chi connectivity index (χ4n) is 4.88. The zero-order valence-corrected chi connectivity index (χ0v) is 15.2. The van der Waals surface area contributed by atoms with Crippen LogP contribution >= 0.6 is 0 Å². The minimum atomic E-state index is 0.300. The van der Waals surface area contributed by atoms with E-state index >= 15 is 0 Å². The third-order valence-corrected chi connectivity index (χ3v) is 6.19. The van der Waals surface area contributed by atoms with Gasteiger partial charge in [-0.1, -0.05) is 37.5 Å². The molecule has 0 amide bonds. The summed E-state index contributed by atoms with van der Waals surface area (Å²) >= 11 is 0. The fourth-order valence-corrected chi connectivity index (χ4v) is 4.88. The molecule has 0 spiro atoms. The van der Waals surface area contributed by atoms with Gasteiger partial charge in [-0.25, -0.2) is 0 Å². The van der Waals surface area contributed by atoms with Gasteiger partial charge in [0.15, 0.2) is 0 Å². The fraction of sp³-hybridized carbons (Fsp3) is 0.619. The van der Waals surface area contributed by atoms with Crippen molar-refractivity contribution in [2.75, 3.05) is 26.2 Å². The van der Waals surface area contributed by atoms with E-state index in [-0.39, 0.29) is 0 Å². The van der Waals surface area contributed by atoms with Crippen molar-refractivity contribution >= 4 is 10.9 Å². The summed E-state index contributed by atoms with van der Waals surface area (Å²) in [5.74, 6) is 0. The Morgan fingerprint density at radius 1 is 1.08 bits per heavy atom. The molecule has 1 aromatic heterocycles. The van der Waals surface area contributed by atoms with Crippen molar-refractivity contribution in [3.8, 4) is 0 Å². The van der Waals surface area contributed by atoms with Crippen LogP contribution < -0.4 is 0 Å². The molecule has 1 atom stereocenters. The number of benzene rings is 1. The van der Waals surface area contributed by atoms with Crippen molar-refractivity contribution in [2.24, 2.45) is 0 Å². The molecule has 0 bridgehead atoms. The van der Waals surface area contributed by atoms with Crippen LogP contribution in [-0.4, -0.2) is 58.2 Å². The van der Waals surface area contributed by atoms with E-state index in [1.807, 2.05) is 0 Å². The maximum absolute atomic E-state index is 9.57. The Bertz CT molecular complexity index is 677. The first kappa shape index (κ1) is 17.1. The molecule has 25 heavy (non-hydrogen) atoms. The van der Waals surface area contributed by atoms with Crippen LogP contribution in [-0.2, 0) is 6.54 Å². The van der Waals surface area contributed by atoms with Crippen LogP contribution in [0.5, 0.6) is 0 Å². The van der Waals surface area contributed by atoms with Gasteiger partial charge in [0, 0.05) is 62.0 Å². The van der Waals surface area contributed by atoms with Crippen LogP contribution in [0.2, 0.25) is 0 Å². The Balaban J connectivity index is 1.44. The number of hydrogen-bond acceptors (Lipinski definition) is 3. The lowest BCUT2D eigenvalue weighted by atomic mass is 9.91. The Hall–Kier alpha value is -1.36. The minimum absolute atomic E-state index is 0.300. The van der Waals surface area contributed by atoms with Crippen LogP contribution in [0.4, 0.5) is 0 Å². The highest BCUT2D eigenvalue weighted by molar-refractivity contribution is 5.82. The number of nitrogens with zero attached hydrogens (tertiary/aromatic N) is 2. The van der Waals surface area contributed by atoms with E-state index in [1.54, 1.807) is 0 Å². The minimum Gasteiger partial charge on any atom is -0.396 e. The molecule has 2 N–H and O–H groups in total. The van der Waals surface area contributed by atoms with E-state index in [2.05, 4.69) is 45.2 Å². The lowest BCUT2D eigenvalue weighted by Gasteiger charge is -2.46. The number of aromatic amines is 1. The monoisotopic (exact) mass is 341 g/mol. The Morgan fingerprint density at radius 2 is 1.92 bits per heavy atom. The maximum atomic E-state index is 9.57. The molecule has 1 unspecified atom stereocenters. The molecule has 4 rings (SSSR count). The Labute approximate surface area is 150 Å². The molecule has 2 fully saturated rings. The van der Waals surface area contributed by atoms with E-state index in [4.69, 9.17) is 0 Å². The molecular formula is C21H31N3O. The number of nitrogens with one attached hydrogen (secondary N) is 1. The molecule has 0 radical (unpaired) electrons. The topological polar surface area (TPSA) is 42.5 Å². The van der Waals surface area contributed by atoms with Gasteiger partial charge in [0.2, 0.25) is 0 Å². The van der Waals surface area contributed by atoms with Gasteiger partial charge in [0.05, 0.1) is 0 Å². The predicted octanol–water partition coefficient (Wildman–Crippen LogP) is 3.37. The largest absolute Gasteiger partial charge is 0.396 e. The highest BCUT2D eigenvalue weighted by Crippen LogP contribution is 2.28. The van der Waals surface area contributed by atoms with Crippen LogP contribution in [0, 0.1) is 0 Å². The number of H-pyrrole nitrogens is 1. The van der Waals surface area contributed by atoms with Crippen molar-refractivity contribution in [3.63, 3.8) is 0 Å².